The molecule has 0 amide bonds. The van der Waals surface area contributed by atoms with Gasteiger partial charge < -0.3 is 5.21 Å². The SMILES string of the molecule is O=c1cnn(O)c(CCc2ccc(C(F)(F)F)nc2)c1. The van der Waals surface area contributed by atoms with Crippen LogP contribution in [0.25, 0.3) is 0 Å². The van der Waals surface area contributed by atoms with E-state index in [1.54, 1.807) is 0 Å². The van der Waals surface area contributed by atoms with E-state index in [0.717, 1.165) is 18.5 Å². The van der Waals surface area contributed by atoms with Crippen LogP contribution in [0.15, 0.2) is 35.4 Å². The lowest BCUT2D eigenvalue weighted by molar-refractivity contribution is -0.141. The average molecular weight is 285 g/mol. The van der Waals surface area contributed by atoms with Gasteiger partial charge in [0.05, 0.1) is 11.9 Å². The minimum absolute atomic E-state index is 0.257. The van der Waals surface area contributed by atoms with E-state index in [1.165, 1.54) is 12.1 Å². The number of nitrogens with zero attached hydrogens (tertiary/aromatic N) is 3. The van der Waals surface area contributed by atoms with Crippen molar-refractivity contribution in [3.05, 3.63) is 57.8 Å². The molecule has 8 heteroatoms. The molecule has 0 atom stereocenters. The summed E-state index contributed by atoms with van der Waals surface area (Å²) in [6.07, 6.45) is -1.79. The van der Waals surface area contributed by atoms with E-state index in [0.29, 0.717) is 16.8 Å². The molecule has 0 spiro atoms. The zero-order valence-electron chi connectivity index (χ0n) is 10.1. The first-order valence-electron chi connectivity index (χ1n) is 5.66. The molecule has 2 heterocycles. The number of halogens is 3. The van der Waals surface area contributed by atoms with E-state index in [1.807, 2.05) is 0 Å². The van der Waals surface area contributed by atoms with Crippen LogP contribution in [0.3, 0.4) is 0 Å². The summed E-state index contributed by atoms with van der Waals surface area (Å²) in [5.74, 6) is 0. The molecule has 106 valence electrons. The smallest absolute Gasteiger partial charge is 0.411 e. The van der Waals surface area contributed by atoms with Crippen molar-refractivity contribution in [2.24, 2.45) is 0 Å². The standard InChI is InChI=1S/C12H10F3N3O2/c13-12(14,15)11-4-2-8(6-16-11)1-3-9-5-10(19)7-17-18(9)20/h2,4-7,20H,1,3H2. The Hall–Kier alpha value is -2.38. The largest absolute Gasteiger partial charge is 0.433 e. The van der Waals surface area contributed by atoms with Crippen molar-refractivity contribution < 1.29 is 18.4 Å². The summed E-state index contributed by atoms with van der Waals surface area (Å²) in [7, 11) is 0. The minimum atomic E-state index is -4.46. The van der Waals surface area contributed by atoms with Crippen molar-refractivity contribution in [1.82, 2.24) is 14.9 Å². The van der Waals surface area contributed by atoms with E-state index in [9.17, 15) is 23.2 Å². The number of hydrogen-bond donors (Lipinski definition) is 1. The lowest BCUT2D eigenvalue weighted by atomic mass is 10.1. The summed E-state index contributed by atoms with van der Waals surface area (Å²) in [5, 5.41) is 12.8. The molecule has 2 aromatic heterocycles. The molecule has 5 nitrogen and oxygen atoms in total. The lowest BCUT2D eigenvalue weighted by Crippen LogP contribution is -2.14. The maximum Gasteiger partial charge on any atom is 0.433 e. The van der Waals surface area contributed by atoms with Gasteiger partial charge in [-0.2, -0.15) is 13.2 Å². The summed E-state index contributed by atoms with van der Waals surface area (Å²) < 4.78 is 37.0. The predicted molar refractivity (Wildman–Crippen MR) is 62.3 cm³/mol. The van der Waals surface area contributed by atoms with E-state index in [2.05, 4.69) is 10.1 Å². The third kappa shape index (κ3) is 3.34. The Morgan fingerprint density at radius 2 is 1.95 bits per heavy atom. The molecule has 0 saturated carbocycles. The molecule has 2 rings (SSSR count). The van der Waals surface area contributed by atoms with Crippen LogP contribution in [-0.2, 0) is 19.0 Å². The molecule has 0 bridgehead atoms. The third-order valence-electron chi connectivity index (χ3n) is 2.65. The fourth-order valence-electron chi connectivity index (χ4n) is 1.63. The van der Waals surface area contributed by atoms with Crippen molar-refractivity contribution in [2.75, 3.05) is 0 Å². The summed E-state index contributed by atoms with van der Waals surface area (Å²) >= 11 is 0. The van der Waals surface area contributed by atoms with Gasteiger partial charge in [0.25, 0.3) is 0 Å². The number of aromatic nitrogens is 3. The first-order valence-corrected chi connectivity index (χ1v) is 5.66. The number of alkyl halides is 3. The molecule has 2 aromatic rings. The lowest BCUT2D eigenvalue weighted by Gasteiger charge is -2.07. The highest BCUT2D eigenvalue weighted by Crippen LogP contribution is 2.27. The third-order valence-corrected chi connectivity index (χ3v) is 2.65. The van der Waals surface area contributed by atoms with Crippen molar-refractivity contribution in [1.29, 1.82) is 0 Å². The number of aryl methyl sites for hydroxylation is 2. The van der Waals surface area contributed by atoms with Crippen molar-refractivity contribution >= 4 is 0 Å². The second-order valence-corrected chi connectivity index (χ2v) is 4.12. The van der Waals surface area contributed by atoms with Crippen LogP contribution in [0, 0.1) is 0 Å². The van der Waals surface area contributed by atoms with Gasteiger partial charge >= 0.3 is 6.18 Å². The summed E-state index contributed by atoms with van der Waals surface area (Å²) in [6.45, 7) is 0. The maximum atomic E-state index is 12.3. The number of pyridine rings is 1. The number of hydrogen-bond acceptors (Lipinski definition) is 4. The first kappa shape index (κ1) is 14.0. The molecular weight excluding hydrogens is 275 g/mol. The molecule has 0 fully saturated rings. The number of rotatable bonds is 3. The van der Waals surface area contributed by atoms with Crippen molar-refractivity contribution in [2.45, 2.75) is 19.0 Å². The summed E-state index contributed by atoms with van der Waals surface area (Å²) in [4.78, 5) is 15.0. The first-order chi connectivity index (χ1) is 9.36. The highest BCUT2D eigenvalue weighted by molar-refractivity contribution is 5.17. The summed E-state index contributed by atoms with van der Waals surface area (Å²) in [5.41, 5.74) is -0.468. The molecule has 20 heavy (non-hydrogen) atoms. The fourth-order valence-corrected chi connectivity index (χ4v) is 1.63. The molecule has 0 radical (unpaired) electrons. The Labute approximate surface area is 111 Å². The molecule has 0 aliphatic heterocycles. The van der Waals surface area contributed by atoms with E-state index >= 15 is 0 Å². The Kier molecular flexibility index (Phi) is 3.73. The Morgan fingerprint density at radius 1 is 1.20 bits per heavy atom. The van der Waals surface area contributed by atoms with Crippen LogP contribution in [0.5, 0.6) is 0 Å². The Morgan fingerprint density at radius 3 is 2.55 bits per heavy atom. The zero-order valence-corrected chi connectivity index (χ0v) is 10.1. The van der Waals surface area contributed by atoms with Crippen LogP contribution >= 0.6 is 0 Å². The molecule has 0 aromatic carbocycles. The second kappa shape index (κ2) is 5.32. The van der Waals surface area contributed by atoms with Gasteiger partial charge in [-0.05, 0) is 24.5 Å². The van der Waals surface area contributed by atoms with Gasteiger partial charge in [0.15, 0.2) is 0 Å². The van der Waals surface area contributed by atoms with Gasteiger partial charge in [0, 0.05) is 12.3 Å². The van der Waals surface area contributed by atoms with Crippen LogP contribution in [0.4, 0.5) is 13.2 Å². The van der Waals surface area contributed by atoms with E-state index in [4.69, 9.17) is 0 Å². The predicted octanol–water partition coefficient (Wildman–Crippen LogP) is 1.68. The quantitative estimate of drug-likeness (QED) is 0.871. The minimum Gasteiger partial charge on any atom is -0.411 e. The van der Waals surface area contributed by atoms with Crippen LogP contribution in [0.1, 0.15) is 17.0 Å². The van der Waals surface area contributed by atoms with E-state index in [-0.39, 0.29) is 17.5 Å². The van der Waals surface area contributed by atoms with Gasteiger partial charge in [-0.3, -0.25) is 9.78 Å². The summed E-state index contributed by atoms with van der Waals surface area (Å²) in [6, 6.07) is 3.42. The van der Waals surface area contributed by atoms with Crippen molar-refractivity contribution in [3.8, 4) is 0 Å². The van der Waals surface area contributed by atoms with Crippen LogP contribution < -0.4 is 5.43 Å². The average Bonchev–Trinajstić information content (AvgIpc) is 2.39. The second-order valence-electron chi connectivity index (χ2n) is 4.12. The van der Waals surface area contributed by atoms with Gasteiger partial charge in [-0.15, -0.1) is 9.94 Å². The molecular formula is C12H10F3N3O2. The van der Waals surface area contributed by atoms with Gasteiger partial charge in [-0.1, -0.05) is 6.07 Å². The normalized spacial score (nSPS) is 11.6. The van der Waals surface area contributed by atoms with Gasteiger partial charge in [0.2, 0.25) is 5.43 Å². The van der Waals surface area contributed by atoms with E-state index < -0.39 is 11.9 Å². The topological polar surface area (TPSA) is 68.0 Å². The van der Waals surface area contributed by atoms with Crippen LogP contribution in [0.2, 0.25) is 0 Å². The Balaban J connectivity index is 2.08. The fraction of sp³-hybridized carbons (Fsp3) is 0.250. The zero-order chi connectivity index (χ0) is 14.8. The Bertz CT molecular complexity index is 650. The highest BCUT2D eigenvalue weighted by Gasteiger charge is 2.31. The van der Waals surface area contributed by atoms with Crippen LogP contribution in [-0.4, -0.2) is 20.1 Å². The van der Waals surface area contributed by atoms with Crippen molar-refractivity contribution in [3.63, 3.8) is 0 Å². The molecule has 0 saturated heterocycles. The van der Waals surface area contributed by atoms with Gasteiger partial charge in [0.1, 0.15) is 5.69 Å². The molecule has 1 N–H and O–H groups in total. The molecule has 0 aliphatic rings. The highest BCUT2D eigenvalue weighted by atomic mass is 19.4. The monoisotopic (exact) mass is 285 g/mol. The van der Waals surface area contributed by atoms with Gasteiger partial charge in [-0.25, -0.2) is 0 Å². The molecule has 0 aliphatic carbocycles. The maximum absolute atomic E-state index is 12.3. The molecule has 0 unspecified atom stereocenters.